The summed E-state index contributed by atoms with van der Waals surface area (Å²) in [4.78, 5) is 72.3. The quantitative estimate of drug-likeness (QED) is 0.0222. The van der Waals surface area contributed by atoms with Gasteiger partial charge >= 0.3 is 39.5 Å². The first-order valence-corrected chi connectivity index (χ1v) is 38.0. The van der Waals surface area contributed by atoms with E-state index in [2.05, 4.69) is 41.5 Å². The molecule has 0 aromatic rings. The first-order valence-electron chi connectivity index (χ1n) is 35.0. The van der Waals surface area contributed by atoms with Crippen LogP contribution in [0.25, 0.3) is 0 Å². The van der Waals surface area contributed by atoms with Crippen LogP contribution in [0.1, 0.15) is 337 Å². The predicted octanol–water partition coefficient (Wildman–Crippen LogP) is 18.8. The maximum atomic E-state index is 13.0. The largest absolute Gasteiger partial charge is 0.472 e. The Morgan fingerprint density at radius 3 is 0.791 bits per heavy atom. The number of ether oxygens (including phenoxy) is 4. The maximum Gasteiger partial charge on any atom is 0.472 e. The number of aliphatic hydroxyl groups is 1. The smallest absolute Gasteiger partial charge is 0.462 e. The summed E-state index contributed by atoms with van der Waals surface area (Å²) in [5, 5.41) is 10.5. The number of esters is 4. The lowest BCUT2D eigenvalue weighted by Gasteiger charge is -2.21. The fourth-order valence-corrected chi connectivity index (χ4v) is 11.6. The van der Waals surface area contributed by atoms with E-state index in [-0.39, 0.29) is 25.7 Å². The molecule has 3 N–H and O–H groups in total. The molecular formula is C67H130O17P2. The maximum absolute atomic E-state index is 13.0. The Bertz CT molecular complexity index is 1680. The zero-order chi connectivity index (χ0) is 63.6. The summed E-state index contributed by atoms with van der Waals surface area (Å²) in [6.07, 6.45) is 43.1. The third-order valence-corrected chi connectivity index (χ3v) is 17.4. The average molecular weight is 1270 g/mol. The normalized spacial score (nSPS) is 14.2. The highest BCUT2D eigenvalue weighted by Crippen LogP contribution is 2.45. The van der Waals surface area contributed by atoms with Gasteiger partial charge in [-0.1, -0.05) is 286 Å². The van der Waals surface area contributed by atoms with E-state index in [9.17, 15) is 43.2 Å². The Kier molecular flexibility index (Phi) is 58.0. The number of phosphoric acid groups is 2. The van der Waals surface area contributed by atoms with E-state index in [1.54, 1.807) is 0 Å². The van der Waals surface area contributed by atoms with Gasteiger partial charge in [-0.25, -0.2) is 9.13 Å². The van der Waals surface area contributed by atoms with Gasteiger partial charge in [-0.05, 0) is 37.5 Å². The van der Waals surface area contributed by atoms with Crippen molar-refractivity contribution in [3.63, 3.8) is 0 Å². The molecule has 0 heterocycles. The van der Waals surface area contributed by atoms with Crippen molar-refractivity contribution in [1.29, 1.82) is 0 Å². The Morgan fingerprint density at radius 1 is 0.314 bits per heavy atom. The topological polar surface area (TPSA) is 237 Å². The molecule has 0 spiro atoms. The van der Waals surface area contributed by atoms with Gasteiger partial charge in [-0.3, -0.25) is 37.3 Å². The van der Waals surface area contributed by atoms with Gasteiger partial charge in [-0.15, -0.1) is 0 Å². The molecule has 17 nitrogen and oxygen atoms in total. The van der Waals surface area contributed by atoms with Crippen molar-refractivity contribution in [2.45, 2.75) is 355 Å². The second kappa shape index (κ2) is 59.4. The monoisotopic (exact) mass is 1270 g/mol. The van der Waals surface area contributed by atoms with Crippen LogP contribution >= 0.6 is 15.6 Å². The van der Waals surface area contributed by atoms with Gasteiger partial charge in [0.15, 0.2) is 12.2 Å². The lowest BCUT2D eigenvalue weighted by molar-refractivity contribution is -0.161. The van der Waals surface area contributed by atoms with E-state index in [4.69, 9.17) is 37.0 Å². The summed E-state index contributed by atoms with van der Waals surface area (Å²) in [6, 6.07) is 0. The van der Waals surface area contributed by atoms with Crippen LogP contribution in [0.15, 0.2) is 0 Å². The van der Waals surface area contributed by atoms with Crippen molar-refractivity contribution in [3.05, 3.63) is 0 Å². The van der Waals surface area contributed by atoms with Gasteiger partial charge in [0.2, 0.25) is 0 Å². The van der Waals surface area contributed by atoms with E-state index in [1.807, 2.05) is 0 Å². The minimum Gasteiger partial charge on any atom is -0.462 e. The van der Waals surface area contributed by atoms with Crippen LogP contribution in [0.5, 0.6) is 0 Å². The van der Waals surface area contributed by atoms with Gasteiger partial charge in [0.25, 0.3) is 0 Å². The van der Waals surface area contributed by atoms with Crippen LogP contribution in [0, 0.1) is 11.8 Å². The number of rotatable bonds is 66. The summed E-state index contributed by atoms with van der Waals surface area (Å²) >= 11 is 0. The molecule has 0 aromatic carbocycles. The number of unbranched alkanes of at least 4 members (excludes halogenated alkanes) is 36. The Labute approximate surface area is 524 Å². The summed E-state index contributed by atoms with van der Waals surface area (Å²) < 4.78 is 68.1. The zero-order valence-corrected chi connectivity index (χ0v) is 57.4. The van der Waals surface area contributed by atoms with Crippen LogP contribution in [0.4, 0.5) is 0 Å². The van der Waals surface area contributed by atoms with E-state index < -0.39 is 97.5 Å². The highest BCUT2D eigenvalue weighted by atomic mass is 31.2. The Balaban J connectivity index is 5.22. The molecule has 0 saturated carbocycles. The number of phosphoric ester groups is 2. The number of aliphatic hydroxyl groups excluding tert-OH is 1. The molecule has 2 unspecified atom stereocenters. The van der Waals surface area contributed by atoms with Crippen molar-refractivity contribution in [2.24, 2.45) is 11.8 Å². The van der Waals surface area contributed by atoms with Crippen molar-refractivity contribution < 1.29 is 80.2 Å². The van der Waals surface area contributed by atoms with Crippen molar-refractivity contribution in [3.8, 4) is 0 Å². The highest BCUT2D eigenvalue weighted by molar-refractivity contribution is 7.47. The van der Waals surface area contributed by atoms with E-state index in [0.717, 1.165) is 115 Å². The second-order valence-corrected chi connectivity index (χ2v) is 28.1. The molecule has 0 saturated heterocycles. The Hall–Kier alpha value is -1.94. The van der Waals surface area contributed by atoms with Crippen molar-refractivity contribution >= 4 is 39.5 Å². The standard InChI is InChI=1S/C67H130O17P2/c1-7-9-11-13-15-16-19-27-33-39-45-51-66(71)83-62(55-77-64(69)49-43-37-29-14-12-10-8-2)57-81-85(73,74)79-53-61(68)54-80-86(75,76)82-58-63(56-78-65(70)50-44-38-32-26-23-22-25-31-36-42-48-60(5)6)84-67(72)52-46-40-34-28-21-18-17-20-24-30-35-41-47-59(3)4/h59-63,68H,7-58H2,1-6H3,(H,73,74)(H,75,76)/t61-,62+,63+/m0/s1. The molecule has 86 heavy (non-hydrogen) atoms. The van der Waals surface area contributed by atoms with Gasteiger partial charge in [0.05, 0.1) is 26.4 Å². The summed E-state index contributed by atoms with van der Waals surface area (Å²) in [7, 11) is -9.89. The van der Waals surface area contributed by atoms with Crippen LogP contribution < -0.4 is 0 Å². The average Bonchev–Trinajstić information content (AvgIpc) is 3.66. The molecule has 0 aliphatic heterocycles. The summed E-state index contributed by atoms with van der Waals surface area (Å²) in [5.74, 6) is -0.597. The summed E-state index contributed by atoms with van der Waals surface area (Å²) in [5.41, 5.74) is 0. The number of carbonyl (C=O) groups is 4. The molecular weight excluding hydrogens is 1140 g/mol. The number of hydrogen-bond acceptors (Lipinski definition) is 15. The minimum atomic E-state index is -4.95. The van der Waals surface area contributed by atoms with Crippen LogP contribution in [0.2, 0.25) is 0 Å². The first-order chi connectivity index (χ1) is 41.4. The number of carbonyl (C=O) groups excluding carboxylic acids is 4. The van der Waals surface area contributed by atoms with Crippen LogP contribution in [-0.2, 0) is 65.4 Å². The van der Waals surface area contributed by atoms with Crippen molar-refractivity contribution in [1.82, 2.24) is 0 Å². The second-order valence-electron chi connectivity index (χ2n) is 25.2. The molecule has 0 bridgehead atoms. The molecule has 510 valence electrons. The molecule has 0 aliphatic carbocycles. The van der Waals surface area contributed by atoms with E-state index in [0.29, 0.717) is 25.7 Å². The minimum absolute atomic E-state index is 0.106. The SMILES string of the molecule is CCCCCCCCCCCCCC(=O)O[C@H](COC(=O)CCCCCCCCC)COP(=O)(O)OC[C@H](O)COP(=O)(O)OC[C@@H](COC(=O)CCCCCCCCCCCCC(C)C)OC(=O)CCCCCCCCCCCCCCC(C)C. The molecule has 19 heteroatoms. The van der Waals surface area contributed by atoms with E-state index >= 15 is 0 Å². The lowest BCUT2D eigenvalue weighted by Crippen LogP contribution is -2.30. The molecule has 5 atom stereocenters. The highest BCUT2D eigenvalue weighted by Gasteiger charge is 2.30. The molecule has 0 amide bonds. The third kappa shape index (κ3) is 60.9. The van der Waals surface area contributed by atoms with Gasteiger partial charge in [0, 0.05) is 25.7 Å². The van der Waals surface area contributed by atoms with E-state index in [1.165, 1.54) is 141 Å². The van der Waals surface area contributed by atoms with Gasteiger partial charge in [-0.2, -0.15) is 0 Å². The fourth-order valence-electron chi connectivity index (χ4n) is 10.1. The molecule has 0 aliphatic rings. The third-order valence-electron chi connectivity index (χ3n) is 15.5. The van der Waals surface area contributed by atoms with Gasteiger partial charge < -0.3 is 33.8 Å². The Morgan fingerprint density at radius 2 is 0.535 bits per heavy atom. The number of hydrogen-bond donors (Lipinski definition) is 3. The molecule has 0 rings (SSSR count). The lowest BCUT2D eigenvalue weighted by atomic mass is 10.0. The first kappa shape index (κ1) is 84.1. The van der Waals surface area contributed by atoms with Crippen LogP contribution in [0.3, 0.4) is 0 Å². The molecule has 0 aromatic heterocycles. The fraction of sp³-hybridized carbons (Fsp3) is 0.940. The van der Waals surface area contributed by atoms with Crippen LogP contribution in [-0.4, -0.2) is 96.7 Å². The zero-order valence-electron chi connectivity index (χ0n) is 55.6. The molecule has 0 fully saturated rings. The van der Waals surface area contributed by atoms with Gasteiger partial charge in [0.1, 0.15) is 19.3 Å². The predicted molar refractivity (Wildman–Crippen MR) is 345 cm³/mol. The molecule has 0 radical (unpaired) electrons. The van der Waals surface area contributed by atoms with Crippen molar-refractivity contribution in [2.75, 3.05) is 39.6 Å². The summed E-state index contributed by atoms with van der Waals surface area (Å²) in [6.45, 7) is 9.49.